The van der Waals surface area contributed by atoms with Crippen LogP contribution in [-0.4, -0.2) is 38.6 Å². The Balaban J connectivity index is 2.03. The quantitative estimate of drug-likeness (QED) is 0.546. The maximum Gasteiger partial charge on any atom is 0.261 e. The van der Waals surface area contributed by atoms with Crippen molar-refractivity contribution in [3.63, 3.8) is 0 Å². The van der Waals surface area contributed by atoms with Gasteiger partial charge in [0.25, 0.3) is 5.56 Å². The van der Waals surface area contributed by atoms with Gasteiger partial charge in [-0.3, -0.25) is 19.3 Å². The molecule has 146 valence electrons. The van der Waals surface area contributed by atoms with E-state index in [9.17, 15) is 4.79 Å². The summed E-state index contributed by atoms with van der Waals surface area (Å²) in [7, 11) is 3.44. The minimum absolute atomic E-state index is 0.0804. The monoisotopic (exact) mass is 386 g/mol. The number of nitrogens with zero attached hydrogens (tertiary/aromatic N) is 5. The van der Waals surface area contributed by atoms with Crippen LogP contribution < -0.4 is 5.56 Å². The fraction of sp³-hybridized carbons (Fsp3) is 0.227. The van der Waals surface area contributed by atoms with Crippen molar-refractivity contribution < 1.29 is 0 Å². The third-order valence-corrected chi connectivity index (χ3v) is 5.07. The fourth-order valence-electron chi connectivity index (χ4n) is 3.69. The van der Waals surface area contributed by atoms with Gasteiger partial charge in [0.15, 0.2) is 0 Å². The molecule has 0 saturated carbocycles. The Labute approximate surface area is 167 Å². The lowest BCUT2D eigenvalue weighted by atomic mass is 10.00. The molecule has 4 aromatic rings. The van der Waals surface area contributed by atoms with Crippen LogP contribution in [0.3, 0.4) is 0 Å². The molecule has 0 bridgehead atoms. The molecule has 0 aliphatic heterocycles. The Kier molecular flexibility index (Phi) is 4.58. The number of aliphatic imine (C=N–C) groups is 1. The highest BCUT2D eigenvalue weighted by atomic mass is 16.1. The highest BCUT2D eigenvalue weighted by Crippen LogP contribution is 2.24. The van der Waals surface area contributed by atoms with Crippen LogP contribution >= 0.6 is 0 Å². The third-order valence-electron chi connectivity index (χ3n) is 5.07. The standard InChI is InChI=1S/C22H22N6O/c1-13-7-16(8-14(2)25-13)19-10-21-27(4)22(29)18-6-5-15(17(11-23)12-24-3)9-20(18)28(21)26-19/h5-12,17,23H,1-4H3. The molecular formula is C22H22N6O. The van der Waals surface area contributed by atoms with Crippen LogP contribution in [0.2, 0.25) is 0 Å². The maximum atomic E-state index is 12.9. The number of nitrogens with one attached hydrogen (secondary N) is 1. The van der Waals surface area contributed by atoms with Crippen LogP contribution in [0.15, 0.2) is 46.2 Å². The fourth-order valence-corrected chi connectivity index (χ4v) is 3.69. The van der Waals surface area contributed by atoms with Crippen molar-refractivity contribution in [1.82, 2.24) is 19.2 Å². The molecule has 3 aromatic heterocycles. The Morgan fingerprint density at radius 1 is 1.14 bits per heavy atom. The summed E-state index contributed by atoms with van der Waals surface area (Å²) in [5.41, 5.74) is 5.82. The molecule has 1 unspecified atom stereocenters. The average molecular weight is 386 g/mol. The van der Waals surface area contributed by atoms with E-state index >= 15 is 0 Å². The van der Waals surface area contributed by atoms with Gasteiger partial charge in [0, 0.05) is 49.5 Å². The molecule has 0 aliphatic carbocycles. The molecule has 0 aliphatic rings. The molecule has 7 heteroatoms. The molecule has 3 heterocycles. The largest absolute Gasteiger partial charge is 0.312 e. The first kappa shape index (κ1) is 18.7. The number of rotatable bonds is 4. The van der Waals surface area contributed by atoms with Crippen molar-refractivity contribution in [2.75, 3.05) is 7.05 Å². The predicted molar refractivity (Wildman–Crippen MR) is 117 cm³/mol. The van der Waals surface area contributed by atoms with Crippen LogP contribution in [0.1, 0.15) is 22.9 Å². The summed E-state index contributed by atoms with van der Waals surface area (Å²) in [4.78, 5) is 21.4. The van der Waals surface area contributed by atoms with Gasteiger partial charge in [0.05, 0.1) is 22.5 Å². The summed E-state index contributed by atoms with van der Waals surface area (Å²) in [6.45, 7) is 3.91. The smallest absolute Gasteiger partial charge is 0.261 e. The molecule has 4 rings (SSSR count). The van der Waals surface area contributed by atoms with Crippen LogP contribution in [0, 0.1) is 19.3 Å². The van der Waals surface area contributed by atoms with Crippen molar-refractivity contribution in [3.8, 4) is 11.3 Å². The molecule has 0 saturated heterocycles. The van der Waals surface area contributed by atoms with Crippen molar-refractivity contribution in [3.05, 3.63) is 63.7 Å². The topological polar surface area (TPSA) is 88.4 Å². The Morgan fingerprint density at radius 3 is 2.52 bits per heavy atom. The van der Waals surface area contributed by atoms with Crippen molar-refractivity contribution >= 4 is 29.0 Å². The highest BCUT2D eigenvalue weighted by molar-refractivity contribution is 5.91. The number of aryl methyl sites for hydroxylation is 3. The van der Waals surface area contributed by atoms with E-state index < -0.39 is 0 Å². The molecule has 29 heavy (non-hydrogen) atoms. The van der Waals surface area contributed by atoms with Gasteiger partial charge in [-0.05, 0) is 43.7 Å². The minimum atomic E-state index is -0.246. The number of hydrogen-bond acceptors (Lipinski definition) is 5. The number of fused-ring (bicyclic) bond motifs is 3. The van der Waals surface area contributed by atoms with Crippen LogP contribution in [-0.2, 0) is 7.05 Å². The first-order valence-corrected chi connectivity index (χ1v) is 9.34. The van der Waals surface area contributed by atoms with Crippen LogP contribution in [0.25, 0.3) is 27.8 Å². The normalized spacial score (nSPS) is 12.8. The zero-order valence-corrected chi connectivity index (χ0v) is 16.8. The van der Waals surface area contributed by atoms with Crippen LogP contribution in [0.5, 0.6) is 0 Å². The number of benzene rings is 1. The van der Waals surface area contributed by atoms with Gasteiger partial charge in [-0.15, -0.1) is 0 Å². The maximum absolute atomic E-state index is 12.9. The molecule has 0 amide bonds. The molecule has 0 radical (unpaired) electrons. The van der Waals surface area contributed by atoms with Gasteiger partial charge < -0.3 is 5.41 Å². The first-order valence-electron chi connectivity index (χ1n) is 9.34. The molecule has 0 spiro atoms. The van der Waals surface area contributed by atoms with E-state index in [2.05, 4.69) is 9.98 Å². The summed E-state index contributed by atoms with van der Waals surface area (Å²) >= 11 is 0. The average Bonchev–Trinajstić information content (AvgIpc) is 3.15. The van der Waals surface area contributed by atoms with Gasteiger partial charge in [-0.2, -0.15) is 5.10 Å². The molecule has 1 atom stereocenters. The van der Waals surface area contributed by atoms with Gasteiger partial charge in [0.1, 0.15) is 5.65 Å². The summed E-state index contributed by atoms with van der Waals surface area (Å²) in [6.07, 6.45) is 3.05. The predicted octanol–water partition coefficient (Wildman–Crippen LogP) is 3.30. The van der Waals surface area contributed by atoms with E-state index in [1.54, 1.807) is 35.5 Å². The van der Waals surface area contributed by atoms with Gasteiger partial charge in [-0.1, -0.05) is 6.07 Å². The number of aromatic nitrogens is 4. The van der Waals surface area contributed by atoms with E-state index in [1.165, 1.54) is 6.21 Å². The zero-order chi connectivity index (χ0) is 20.7. The van der Waals surface area contributed by atoms with E-state index in [4.69, 9.17) is 10.5 Å². The van der Waals surface area contributed by atoms with Crippen molar-refractivity contribution in [2.24, 2.45) is 12.0 Å². The Morgan fingerprint density at radius 2 is 1.86 bits per heavy atom. The number of hydrogen-bond donors (Lipinski definition) is 1. The second-order valence-corrected chi connectivity index (χ2v) is 7.18. The number of pyridine rings is 1. The van der Waals surface area contributed by atoms with Gasteiger partial charge in [-0.25, -0.2) is 4.52 Å². The SMILES string of the molecule is CN=CC(C=N)c1ccc2c(=O)n(C)c3cc(-c4cc(C)nc(C)c4)nn3c2c1. The molecule has 0 fully saturated rings. The lowest BCUT2D eigenvalue weighted by Gasteiger charge is -2.10. The Hall–Kier alpha value is -3.61. The van der Waals surface area contributed by atoms with E-state index in [0.717, 1.165) is 28.2 Å². The lowest BCUT2D eigenvalue weighted by molar-refractivity contribution is 0.850. The van der Waals surface area contributed by atoms with Gasteiger partial charge in [0.2, 0.25) is 0 Å². The van der Waals surface area contributed by atoms with E-state index in [-0.39, 0.29) is 11.5 Å². The van der Waals surface area contributed by atoms with E-state index in [0.29, 0.717) is 16.6 Å². The van der Waals surface area contributed by atoms with E-state index in [1.807, 2.05) is 44.2 Å². The third kappa shape index (κ3) is 3.14. The summed E-state index contributed by atoms with van der Waals surface area (Å²) < 4.78 is 3.41. The Bertz CT molecular complexity index is 1320. The minimum Gasteiger partial charge on any atom is -0.312 e. The van der Waals surface area contributed by atoms with Gasteiger partial charge >= 0.3 is 0 Å². The zero-order valence-electron chi connectivity index (χ0n) is 16.8. The van der Waals surface area contributed by atoms with Crippen LogP contribution in [0.4, 0.5) is 0 Å². The second-order valence-electron chi connectivity index (χ2n) is 7.18. The van der Waals surface area contributed by atoms with Crippen molar-refractivity contribution in [2.45, 2.75) is 19.8 Å². The second kappa shape index (κ2) is 7.09. The van der Waals surface area contributed by atoms with Crippen molar-refractivity contribution in [1.29, 1.82) is 5.41 Å². The first-order chi connectivity index (χ1) is 13.9. The molecule has 7 nitrogen and oxygen atoms in total. The lowest BCUT2D eigenvalue weighted by Crippen LogP contribution is -2.20. The summed E-state index contributed by atoms with van der Waals surface area (Å²) in [6, 6.07) is 11.5. The highest BCUT2D eigenvalue weighted by Gasteiger charge is 2.15. The molecular weight excluding hydrogens is 364 g/mol. The summed E-state index contributed by atoms with van der Waals surface area (Å²) in [5, 5.41) is 13.1. The molecule has 1 N–H and O–H groups in total. The molecule has 1 aromatic carbocycles. The summed E-state index contributed by atoms with van der Waals surface area (Å²) in [5.74, 6) is -0.246.